The molecule has 2 rings (SSSR count). The summed E-state index contributed by atoms with van der Waals surface area (Å²) in [4.78, 5) is 0. The molecule has 1 aromatic carbocycles. The van der Waals surface area contributed by atoms with E-state index in [-0.39, 0.29) is 0 Å². The third-order valence-electron chi connectivity index (χ3n) is 2.32. The number of aryl methyl sites for hydroxylation is 1. The Kier molecular flexibility index (Phi) is 3.31. The van der Waals surface area contributed by atoms with E-state index in [0.29, 0.717) is 18.8 Å². The van der Waals surface area contributed by atoms with Gasteiger partial charge in [0.1, 0.15) is 5.75 Å². The molecule has 0 bridgehead atoms. The second kappa shape index (κ2) is 5.07. The van der Waals surface area contributed by atoms with Crippen LogP contribution in [0.15, 0.2) is 24.3 Å². The van der Waals surface area contributed by atoms with E-state index in [4.69, 9.17) is 10.00 Å². The van der Waals surface area contributed by atoms with Gasteiger partial charge in [-0.05, 0) is 34.7 Å². The molecular weight excluding hydrogens is 218 g/mol. The van der Waals surface area contributed by atoms with Gasteiger partial charge in [-0.1, -0.05) is 0 Å². The molecule has 0 saturated carbocycles. The molecular formula is C11H11N5O. The predicted octanol–water partition coefficient (Wildman–Crippen LogP) is 1.26. The standard InChI is InChI=1S/C11H11N5O/c1-17-10-5-3-9(4-6-10)11-13-14-15-16(11)8-2-7-12/h3-6H,2,8H2,1H3. The van der Waals surface area contributed by atoms with Crippen LogP contribution in [0.1, 0.15) is 6.42 Å². The van der Waals surface area contributed by atoms with Gasteiger partial charge in [0.2, 0.25) is 0 Å². The summed E-state index contributed by atoms with van der Waals surface area (Å²) in [6.07, 6.45) is 0.383. The number of hydrogen-bond donors (Lipinski definition) is 0. The first-order valence-electron chi connectivity index (χ1n) is 5.12. The van der Waals surface area contributed by atoms with E-state index in [1.807, 2.05) is 24.3 Å². The third kappa shape index (κ3) is 2.39. The topological polar surface area (TPSA) is 76.6 Å². The molecule has 0 saturated heterocycles. The fourth-order valence-electron chi connectivity index (χ4n) is 1.46. The van der Waals surface area contributed by atoms with Crippen LogP contribution < -0.4 is 4.74 Å². The first-order chi connectivity index (χ1) is 8.35. The largest absolute Gasteiger partial charge is 0.497 e. The second-order valence-electron chi connectivity index (χ2n) is 3.36. The van der Waals surface area contributed by atoms with Gasteiger partial charge >= 0.3 is 0 Å². The van der Waals surface area contributed by atoms with Crippen LogP contribution in [0, 0.1) is 11.3 Å². The van der Waals surface area contributed by atoms with Gasteiger partial charge in [0.25, 0.3) is 0 Å². The molecule has 0 amide bonds. The molecule has 0 aliphatic heterocycles. The first kappa shape index (κ1) is 11.1. The van der Waals surface area contributed by atoms with Crippen molar-refractivity contribution in [2.24, 2.45) is 0 Å². The van der Waals surface area contributed by atoms with Crippen LogP contribution in [0.3, 0.4) is 0 Å². The van der Waals surface area contributed by atoms with Crippen molar-refractivity contribution in [3.05, 3.63) is 24.3 Å². The number of tetrazole rings is 1. The highest BCUT2D eigenvalue weighted by atomic mass is 16.5. The zero-order chi connectivity index (χ0) is 12.1. The predicted molar refractivity (Wildman–Crippen MR) is 60.0 cm³/mol. The second-order valence-corrected chi connectivity index (χ2v) is 3.36. The number of ether oxygens (including phenoxy) is 1. The van der Waals surface area contributed by atoms with Crippen molar-refractivity contribution < 1.29 is 4.74 Å². The molecule has 0 fully saturated rings. The molecule has 0 atom stereocenters. The van der Waals surface area contributed by atoms with Gasteiger partial charge in [-0.15, -0.1) is 5.10 Å². The van der Waals surface area contributed by atoms with Gasteiger partial charge in [-0.2, -0.15) is 5.26 Å². The summed E-state index contributed by atoms with van der Waals surface area (Å²) in [5.74, 6) is 1.44. The molecule has 17 heavy (non-hydrogen) atoms. The van der Waals surface area contributed by atoms with Crippen LogP contribution in [-0.4, -0.2) is 27.3 Å². The normalized spacial score (nSPS) is 9.88. The summed E-state index contributed by atoms with van der Waals surface area (Å²) in [5, 5.41) is 20.0. The number of nitriles is 1. The lowest BCUT2D eigenvalue weighted by Crippen LogP contribution is -2.02. The number of benzene rings is 1. The number of nitrogens with zero attached hydrogens (tertiary/aromatic N) is 5. The molecule has 6 heteroatoms. The molecule has 0 spiro atoms. The minimum atomic E-state index is 0.383. The van der Waals surface area contributed by atoms with Crippen LogP contribution in [0.25, 0.3) is 11.4 Å². The first-order valence-corrected chi connectivity index (χ1v) is 5.12. The quantitative estimate of drug-likeness (QED) is 0.788. The zero-order valence-electron chi connectivity index (χ0n) is 9.37. The Labute approximate surface area is 98.4 Å². The lowest BCUT2D eigenvalue weighted by Gasteiger charge is -2.03. The van der Waals surface area contributed by atoms with Crippen molar-refractivity contribution >= 4 is 0 Å². The molecule has 0 unspecified atom stereocenters. The van der Waals surface area contributed by atoms with E-state index >= 15 is 0 Å². The van der Waals surface area contributed by atoms with E-state index in [0.717, 1.165) is 11.3 Å². The molecule has 1 aromatic heterocycles. The van der Waals surface area contributed by atoms with Gasteiger partial charge in [0.15, 0.2) is 5.82 Å². The number of hydrogen-bond acceptors (Lipinski definition) is 5. The van der Waals surface area contributed by atoms with Gasteiger partial charge in [-0.3, -0.25) is 0 Å². The van der Waals surface area contributed by atoms with Crippen molar-refractivity contribution in [3.63, 3.8) is 0 Å². The highest BCUT2D eigenvalue weighted by molar-refractivity contribution is 5.55. The van der Waals surface area contributed by atoms with E-state index in [1.165, 1.54) is 0 Å². The zero-order valence-corrected chi connectivity index (χ0v) is 9.37. The Morgan fingerprint density at radius 1 is 1.35 bits per heavy atom. The van der Waals surface area contributed by atoms with Gasteiger partial charge in [0, 0.05) is 5.56 Å². The molecule has 2 aromatic rings. The molecule has 86 valence electrons. The lowest BCUT2D eigenvalue weighted by atomic mass is 10.2. The van der Waals surface area contributed by atoms with Crippen LogP contribution in [0.4, 0.5) is 0 Å². The van der Waals surface area contributed by atoms with Gasteiger partial charge in [0.05, 0.1) is 26.1 Å². The van der Waals surface area contributed by atoms with Crippen LogP contribution in [0.5, 0.6) is 5.75 Å². The summed E-state index contributed by atoms with van der Waals surface area (Å²) < 4.78 is 6.70. The maximum absolute atomic E-state index is 8.55. The smallest absolute Gasteiger partial charge is 0.182 e. The maximum atomic E-state index is 8.55. The van der Waals surface area contributed by atoms with E-state index in [2.05, 4.69) is 21.6 Å². The summed E-state index contributed by atoms with van der Waals surface area (Å²) in [7, 11) is 1.62. The van der Waals surface area contributed by atoms with Crippen LogP contribution >= 0.6 is 0 Å². The number of aromatic nitrogens is 4. The molecule has 0 aliphatic carbocycles. The fraction of sp³-hybridized carbons (Fsp3) is 0.273. The van der Waals surface area contributed by atoms with Gasteiger partial charge < -0.3 is 4.74 Å². The van der Waals surface area contributed by atoms with Crippen LogP contribution in [-0.2, 0) is 6.54 Å². The van der Waals surface area contributed by atoms with Crippen molar-refractivity contribution in [2.45, 2.75) is 13.0 Å². The summed E-state index contributed by atoms with van der Waals surface area (Å²) in [6.45, 7) is 0.491. The Morgan fingerprint density at radius 3 is 2.76 bits per heavy atom. The molecule has 6 nitrogen and oxygen atoms in total. The highest BCUT2D eigenvalue weighted by Crippen LogP contribution is 2.19. The molecule has 0 N–H and O–H groups in total. The van der Waals surface area contributed by atoms with Crippen molar-refractivity contribution in [1.82, 2.24) is 20.2 Å². The molecule has 1 heterocycles. The van der Waals surface area contributed by atoms with E-state index in [9.17, 15) is 0 Å². The maximum Gasteiger partial charge on any atom is 0.182 e. The Bertz CT molecular complexity index is 526. The molecule has 0 radical (unpaired) electrons. The fourth-order valence-corrected chi connectivity index (χ4v) is 1.46. The van der Waals surface area contributed by atoms with Crippen molar-refractivity contribution in [1.29, 1.82) is 5.26 Å². The van der Waals surface area contributed by atoms with E-state index in [1.54, 1.807) is 11.8 Å². The number of methoxy groups -OCH3 is 1. The lowest BCUT2D eigenvalue weighted by molar-refractivity contribution is 0.415. The van der Waals surface area contributed by atoms with Gasteiger partial charge in [-0.25, -0.2) is 4.68 Å². The highest BCUT2D eigenvalue weighted by Gasteiger charge is 2.08. The van der Waals surface area contributed by atoms with E-state index < -0.39 is 0 Å². The van der Waals surface area contributed by atoms with Crippen molar-refractivity contribution in [3.8, 4) is 23.2 Å². The Balaban J connectivity index is 2.26. The van der Waals surface area contributed by atoms with Crippen LogP contribution in [0.2, 0.25) is 0 Å². The molecule has 0 aliphatic rings. The Hall–Kier alpha value is -2.42. The Morgan fingerprint density at radius 2 is 2.12 bits per heavy atom. The SMILES string of the molecule is COc1ccc(-c2nnnn2CCC#N)cc1. The number of rotatable bonds is 4. The summed E-state index contributed by atoms with van der Waals surface area (Å²) >= 11 is 0. The summed E-state index contributed by atoms with van der Waals surface area (Å²) in [5.41, 5.74) is 0.897. The average molecular weight is 229 g/mol. The van der Waals surface area contributed by atoms with Crippen molar-refractivity contribution in [2.75, 3.05) is 7.11 Å². The minimum Gasteiger partial charge on any atom is -0.497 e. The minimum absolute atomic E-state index is 0.383. The summed E-state index contributed by atoms with van der Waals surface area (Å²) in [6, 6.07) is 9.52. The third-order valence-corrected chi connectivity index (χ3v) is 2.32. The average Bonchev–Trinajstić information content (AvgIpc) is 2.84. The monoisotopic (exact) mass is 229 g/mol.